The molecule has 188 valence electrons. The number of halogens is 4. The number of benzene rings is 2. The van der Waals surface area contributed by atoms with Crippen molar-refractivity contribution in [3.63, 3.8) is 0 Å². The van der Waals surface area contributed by atoms with Crippen LogP contribution in [0.2, 0.25) is 20.1 Å². The van der Waals surface area contributed by atoms with Crippen LogP contribution < -0.4 is 10.6 Å². The first-order chi connectivity index (χ1) is 16.3. The van der Waals surface area contributed by atoms with E-state index in [0.717, 1.165) is 65.2 Å². The van der Waals surface area contributed by atoms with Gasteiger partial charge in [-0.2, -0.15) is 0 Å². The maximum absolute atomic E-state index is 10.0. The van der Waals surface area contributed by atoms with Crippen LogP contribution in [0.1, 0.15) is 24.0 Å². The average Bonchev–Trinajstić information content (AvgIpc) is 2.80. The minimum atomic E-state index is 0.0943. The first-order valence-electron chi connectivity index (χ1n) is 11.5. The fraction of sp³-hybridized carbons (Fsp3) is 0.500. The van der Waals surface area contributed by atoms with Crippen LogP contribution in [0.3, 0.4) is 0 Å². The molecule has 3 rings (SSSR count). The van der Waals surface area contributed by atoms with Gasteiger partial charge in [0.25, 0.3) is 0 Å². The predicted molar refractivity (Wildman–Crippen MR) is 142 cm³/mol. The molecule has 1 fully saturated rings. The van der Waals surface area contributed by atoms with Gasteiger partial charge < -0.3 is 30.6 Å². The summed E-state index contributed by atoms with van der Waals surface area (Å²) in [6.07, 6.45) is 2.08. The molecule has 0 aromatic heterocycles. The van der Waals surface area contributed by atoms with Gasteiger partial charge in [0.2, 0.25) is 0 Å². The normalized spacial score (nSPS) is 15.2. The minimum absolute atomic E-state index is 0.0943. The van der Waals surface area contributed by atoms with Gasteiger partial charge >= 0.3 is 0 Å². The SMILES string of the molecule is Oc1c(Cl)cc(Cl)cc1CNCCCN1CCN(CCCNCc2cc(Cl)cc(Cl)c2O)CC1. The molecule has 0 aliphatic carbocycles. The van der Waals surface area contributed by atoms with Gasteiger partial charge in [0.05, 0.1) is 10.0 Å². The van der Waals surface area contributed by atoms with Crippen LogP contribution in [-0.4, -0.2) is 72.4 Å². The lowest BCUT2D eigenvalue weighted by Crippen LogP contribution is -2.47. The Labute approximate surface area is 221 Å². The van der Waals surface area contributed by atoms with Gasteiger partial charge in [-0.15, -0.1) is 0 Å². The number of nitrogens with one attached hydrogen (secondary N) is 2. The van der Waals surface area contributed by atoms with E-state index in [-0.39, 0.29) is 21.5 Å². The van der Waals surface area contributed by atoms with E-state index in [1.165, 1.54) is 0 Å². The highest BCUT2D eigenvalue weighted by atomic mass is 35.5. The average molecular weight is 550 g/mol. The highest BCUT2D eigenvalue weighted by molar-refractivity contribution is 6.36. The van der Waals surface area contributed by atoms with Gasteiger partial charge in [-0.1, -0.05) is 46.4 Å². The van der Waals surface area contributed by atoms with E-state index in [1.54, 1.807) is 24.3 Å². The second-order valence-electron chi connectivity index (χ2n) is 8.53. The van der Waals surface area contributed by atoms with Crippen molar-refractivity contribution in [3.05, 3.63) is 55.5 Å². The molecule has 2 aromatic carbocycles. The maximum atomic E-state index is 10.0. The fourth-order valence-electron chi connectivity index (χ4n) is 4.05. The molecule has 1 saturated heterocycles. The molecule has 1 heterocycles. The molecular formula is C24H32Cl4N4O2. The Bertz CT molecular complexity index is 864. The second kappa shape index (κ2) is 14.0. The molecule has 0 spiro atoms. The van der Waals surface area contributed by atoms with Crippen molar-refractivity contribution in [1.29, 1.82) is 0 Å². The Hall–Kier alpha value is -0.960. The number of phenols is 2. The van der Waals surface area contributed by atoms with Crippen LogP contribution in [0, 0.1) is 0 Å². The summed E-state index contributed by atoms with van der Waals surface area (Å²) in [5, 5.41) is 28.4. The Balaban J connectivity index is 1.23. The van der Waals surface area contributed by atoms with Crippen LogP contribution >= 0.6 is 46.4 Å². The van der Waals surface area contributed by atoms with Crippen molar-refractivity contribution in [3.8, 4) is 11.5 Å². The van der Waals surface area contributed by atoms with Crippen LogP contribution in [0.25, 0.3) is 0 Å². The van der Waals surface area contributed by atoms with E-state index in [1.807, 2.05) is 0 Å². The van der Waals surface area contributed by atoms with Gasteiger partial charge in [0.1, 0.15) is 11.5 Å². The zero-order valence-electron chi connectivity index (χ0n) is 19.1. The quantitative estimate of drug-likeness (QED) is 0.280. The zero-order valence-corrected chi connectivity index (χ0v) is 22.1. The van der Waals surface area contributed by atoms with Crippen LogP contribution in [0.5, 0.6) is 11.5 Å². The third kappa shape index (κ3) is 8.61. The monoisotopic (exact) mass is 548 g/mol. The van der Waals surface area contributed by atoms with Crippen molar-refractivity contribution in [2.45, 2.75) is 25.9 Å². The lowest BCUT2D eigenvalue weighted by Gasteiger charge is -2.34. The summed E-state index contributed by atoms with van der Waals surface area (Å²) in [4.78, 5) is 4.99. The van der Waals surface area contributed by atoms with Gasteiger partial charge in [-0.05, 0) is 63.3 Å². The fourth-order valence-corrected chi connectivity index (χ4v) is 5.12. The molecule has 0 saturated carbocycles. The van der Waals surface area contributed by atoms with Crippen molar-refractivity contribution in [2.75, 3.05) is 52.4 Å². The largest absolute Gasteiger partial charge is 0.506 e. The molecule has 0 radical (unpaired) electrons. The lowest BCUT2D eigenvalue weighted by molar-refractivity contribution is 0.130. The molecule has 1 aliphatic rings. The molecule has 0 bridgehead atoms. The second-order valence-corrected chi connectivity index (χ2v) is 10.2. The minimum Gasteiger partial charge on any atom is -0.506 e. The maximum Gasteiger partial charge on any atom is 0.138 e. The predicted octanol–water partition coefficient (Wildman–Crippen LogP) is 4.99. The first-order valence-corrected chi connectivity index (χ1v) is 13.0. The summed E-state index contributed by atoms with van der Waals surface area (Å²) < 4.78 is 0. The van der Waals surface area contributed by atoms with E-state index >= 15 is 0 Å². The summed E-state index contributed by atoms with van der Waals surface area (Å²) in [5.41, 5.74) is 1.43. The molecule has 6 nitrogen and oxygen atoms in total. The Morgan fingerprint density at radius 1 is 0.647 bits per heavy atom. The molecule has 10 heteroatoms. The summed E-state index contributed by atoms with van der Waals surface area (Å²) in [6.45, 7) is 9.22. The zero-order chi connectivity index (χ0) is 24.5. The van der Waals surface area contributed by atoms with E-state index in [9.17, 15) is 10.2 Å². The van der Waals surface area contributed by atoms with Crippen molar-refractivity contribution >= 4 is 46.4 Å². The number of nitrogens with zero attached hydrogens (tertiary/aromatic N) is 2. The molecular weight excluding hydrogens is 518 g/mol. The summed E-state index contributed by atoms with van der Waals surface area (Å²) >= 11 is 24.0. The Kier molecular flexibility index (Phi) is 11.3. The topological polar surface area (TPSA) is 71.0 Å². The lowest BCUT2D eigenvalue weighted by atomic mass is 10.2. The van der Waals surface area contributed by atoms with E-state index < -0.39 is 0 Å². The van der Waals surface area contributed by atoms with Crippen molar-refractivity contribution < 1.29 is 10.2 Å². The molecule has 34 heavy (non-hydrogen) atoms. The number of hydrogen-bond donors (Lipinski definition) is 4. The summed E-state index contributed by atoms with van der Waals surface area (Å²) in [5.74, 6) is 0.189. The number of rotatable bonds is 12. The highest BCUT2D eigenvalue weighted by Gasteiger charge is 2.16. The number of piperazine rings is 1. The van der Waals surface area contributed by atoms with Gasteiger partial charge in [-0.25, -0.2) is 0 Å². The summed E-state index contributed by atoms with van der Waals surface area (Å²) in [7, 11) is 0. The van der Waals surface area contributed by atoms with Gasteiger partial charge in [0, 0.05) is 60.4 Å². The molecule has 1 aliphatic heterocycles. The number of aromatic hydroxyl groups is 2. The number of phenolic OH excluding ortho intramolecular Hbond substituents is 2. The van der Waals surface area contributed by atoms with Crippen LogP contribution in [-0.2, 0) is 13.1 Å². The van der Waals surface area contributed by atoms with Crippen LogP contribution in [0.15, 0.2) is 24.3 Å². The highest BCUT2D eigenvalue weighted by Crippen LogP contribution is 2.31. The van der Waals surface area contributed by atoms with Crippen molar-refractivity contribution in [2.24, 2.45) is 0 Å². The summed E-state index contributed by atoms with van der Waals surface area (Å²) in [6, 6.07) is 6.56. The Morgan fingerprint density at radius 2 is 1.03 bits per heavy atom. The van der Waals surface area contributed by atoms with E-state index in [4.69, 9.17) is 46.4 Å². The first kappa shape index (κ1) is 27.6. The Morgan fingerprint density at radius 3 is 1.41 bits per heavy atom. The van der Waals surface area contributed by atoms with Gasteiger partial charge in [-0.3, -0.25) is 0 Å². The number of hydrogen-bond acceptors (Lipinski definition) is 6. The van der Waals surface area contributed by atoms with E-state index in [2.05, 4.69) is 20.4 Å². The standard InChI is InChI=1S/C24H32Cl4N4O2/c25-19-11-17(23(33)21(27)13-19)15-29-3-1-5-31-7-9-32(10-8-31)6-2-4-30-16-18-12-20(26)14-22(28)24(18)34/h11-14,29-30,33-34H,1-10,15-16H2. The third-order valence-electron chi connectivity index (χ3n) is 5.97. The van der Waals surface area contributed by atoms with Crippen molar-refractivity contribution in [1.82, 2.24) is 20.4 Å². The molecule has 4 N–H and O–H groups in total. The molecule has 0 atom stereocenters. The third-order valence-corrected chi connectivity index (χ3v) is 6.98. The smallest absolute Gasteiger partial charge is 0.138 e. The molecule has 0 amide bonds. The molecule has 2 aromatic rings. The van der Waals surface area contributed by atoms with E-state index in [0.29, 0.717) is 34.3 Å². The molecule has 0 unspecified atom stereocenters. The van der Waals surface area contributed by atoms with Gasteiger partial charge in [0.15, 0.2) is 0 Å². The van der Waals surface area contributed by atoms with Crippen LogP contribution in [0.4, 0.5) is 0 Å².